The summed E-state index contributed by atoms with van der Waals surface area (Å²) in [6, 6.07) is 12.2. The van der Waals surface area contributed by atoms with Crippen molar-refractivity contribution in [3.05, 3.63) is 42.6 Å². The van der Waals surface area contributed by atoms with E-state index in [1.54, 1.807) is 0 Å². The van der Waals surface area contributed by atoms with Crippen LogP contribution in [0.15, 0.2) is 42.6 Å². The molecular weight excluding hydrogens is 262 g/mol. The molecule has 2 aromatic rings. The molecule has 0 bridgehead atoms. The van der Waals surface area contributed by atoms with Crippen molar-refractivity contribution in [1.29, 1.82) is 0 Å². The topological polar surface area (TPSA) is 35.5 Å². The van der Waals surface area contributed by atoms with Crippen molar-refractivity contribution in [3.8, 4) is 0 Å². The molecule has 110 valence electrons. The van der Waals surface area contributed by atoms with Gasteiger partial charge in [-0.05, 0) is 25.2 Å². The van der Waals surface area contributed by atoms with Gasteiger partial charge in [-0.1, -0.05) is 18.2 Å². The van der Waals surface area contributed by atoms with Crippen LogP contribution in [-0.2, 0) is 0 Å². The quantitative estimate of drug-likeness (QED) is 0.861. The third-order valence-electron chi connectivity index (χ3n) is 3.90. The molecule has 0 radical (unpaired) electrons. The Morgan fingerprint density at radius 1 is 1.00 bits per heavy atom. The number of nitrogens with zero attached hydrogens (tertiary/aromatic N) is 5. The molecule has 0 saturated carbocycles. The van der Waals surface area contributed by atoms with Gasteiger partial charge in [0.1, 0.15) is 5.82 Å². The van der Waals surface area contributed by atoms with Gasteiger partial charge in [-0.3, -0.25) is 0 Å². The lowest BCUT2D eigenvalue weighted by Crippen LogP contribution is -2.45. The number of hydrogen-bond acceptors (Lipinski definition) is 5. The Bertz CT molecular complexity index is 578. The molecule has 3 rings (SSSR count). The van der Waals surface area contributed by atoms with Gasteiger partial charge in [-0.25, -0.2) is 4.98 Å². The van der Waals surface area contributed by atoms with Crippen molar-refractivity contribution in [1.82, 2.24) is 14.9 Å². The van der Waals surface area contributed by atoms with Crippen molar-refractivity contribution in [2.24, 2.45) is 0 Å². The van der Waals surface area contributed by atoms with Crippen LogP contribution in [0.2, 0.25) is 0 Å². The van der Waals surface area contributed by atoms with E-state index >= 15 is 0 Å². The first-order valence-electron chi connectivity index (χ1n) is 7.29. The number of rotatable bonds is 3. The maximum Gasteiger partial charge on any atom is 0.227 e. The van der Waals surface area contributed by atoms with Crippen LogP contribution in [0, 0.1) is 0 Å². The molecule has 0 unspecified atom stereocenters. The summed E-state index contributed by atoms with van der Waals surface area (Å²) in [6.07, 6.45) is 1.84. The molecule has 0 aliphatic carbocycles. The van der Waals surface area contributed by atoms with Gasteiger partial charge < -0.3 is 14.7 Å². The zero-order valence-electron chi connectivity index (χ0n) is 12.6. The van der Waals surface area contributed by atoms with Crippen LogP contribution in [0.3, 0.4) is 0 Å². The normalized spacial score (nSPS) is 16.0. The third-order valence-corrected chi connectivity index (χ3v) is 3.90. The summed E-state index contributed by atoms with van der Waals surface area (Å²) in [7, 11) is 4.18. The van der Waals surface area contributed by atoms with Crippen molar-refractivity contribution >= 4 is 17.5 Å². The Labute approximate surface area is 125 Å². The number of anilines is 3. The van der Waals surface area contributed by atoms with Crippen LogP contribution in [0.5, 0.6) is 0 Å². The van der Waals surface area contributed by atoms with Gasteiger partial charge in [0, 0.05) is 45.1 Å². The second kappa shape index (κ2) is 6.10. The predicted octanol–water partition coefficient (Wildman–Crippen LogP) is 2.00. The Kier molecular flexibility index (Phi) is 4.01. The Morgan fingerprint density at radius 3 is 2.43 bits per heavy atom. The van der Waals surface area contributed by atoms with Crippen LogP contribution >= 0.6 is 0 Å². The van der Waals surface area contributed by atoms with Crippen LogP contribution in [0.4, 0.5) is 17.5 Å². The van der Waals surface area contributed by atoms with Crippen LogP contribution in [0.1, 0.15) is 0 Å². The number of benzene rings is 1. The summed E-state index contributed by atoms with van der Waals surface area (Å²) in [6.45, 7) is 4.08. The highest BCUT2D eigenvalue weighted by Gasteiger charge is 2.17. The summed E-state index contributed by atoms with van der Waals surface area (Å²) in [5.41, 5.74) is 1.13. The van der Waals surface area contributed by atoms with Gasteiger partial charge in [-0.2, -0.15) is 4.98 Å². The van der Waals surface area contributed by atoms with Gasteiger partial charge in [0.15, 0.2) is 0 Å². The van der Waals surface area contributed by atoms with Crippen molar-refractivity contribution in [2.45, 2.75) is 0 Å². The second-order valence-corrected chi connectivity index (χ2v) is 5.40. The van der Waals surface area contributed by atoms with Gasteiger partial charge in [0.25, 0.3) is 0 Å². The van der Waals surface area contributed by atoms with E-state index in [9.17, 15) is 0 Å². The SMILES string of the molecule is CN1CCN(c2nccc(N(C)c3ccccc3)n2)CC1. The summed E-state index contributed by atoms with van der Waals surface area (Å²) < 4.78 is 0. The van der Waals surface area contributed by atoms with Crippen molar-refractivity contribution < 1.29 is 0 Å². The molecule has 0 N–H and O–H groups in total. The maximum absolute atomic E-state index is 4.72. The molecule has 1 aliphatic rings. The lowest BCUT2D eigenvalue weighted by Gasteiger charge is -2.32. The van der Waals surface area contributed by atoms with E-state index in [0.29, 0.717) is 0 Å². The number of hydrogen-bond donors (Lipinski definition) is 0. The van der Waals surface area contributed by atoms with E-state index in [-0.39, 0.29) is 0 Å². The largest absolute Gasteiger partial charge is 0.338 e. The first-order valence-corrected chi connectivity index (χ1v) is 7.29. The monoisotopic (exact) mass is 283 g/mol. The van der Waals surface area contributed by atoms with Gasteiger partial charge in [-0.15, -0.1) is 0 Å². The summed E-state index contributed by atoms with van der Waals surface area (Å²) >= 11 is 0. The minimum absolute atomic E-state index is 0.823. The van der Waals surface area contributed by atoms with Gasteiger partial charge in [0.2, 0.25) is 5.95 Å². The fourth-order valence-electron chi connectivity index (χ4n) is 2.47. The highest BCUT2D eigenvalue weighted by molar-refractivity contribution is 5.59. The van der Waals surface area contributed by atoms with Crippen LogP contribution < -0.4 is 9.80 Å². The molecule has 1 fully saturated rings. The second-order valence-electron chi connectivity index (χ2n) is 5.40. The van der Waals surface area contributed by atoms with E-state index in [4.69, 9.17) is 4.98 Å². The molecule has 21 heavy (non-hydrogen) atoms. The maximum atomic E-state index is 4.72. The zero-order chi connectivity index (χ0) is 14.7. The van der Waals surface area contributed by atoms with E-state index < -0.39 is 0 Å². The first kappa shape index (κ1) is 13.8. The minimum atomic E-state index is 0.823. The number of aromatic nitrogens is 2. The summed E-state index contributed by atoms with van der Waals surface area (Å²) in [4.78, 5) is 15.8. The highest BCUT2D eigenvalue weighted by Crippen LogP contribution is 2.22. The molecule has 1 aromatic heterocycles. The Balaban J connectivity index is 1.80. The number of piperazine rings is 1. The van der Waals surface area contributed by atoms with E-state index in [0.717, 1.165) is 43.6 Å². The molecule has 1 aromatic carbocycles. The Hall–Kier alpha value is -2.14. The fourth-order valence-corrected chi connectivity index (χ4v) is 2.47. The number of likely N-dealkylation sites (N-methyl/N-ethyl adjacent to an activating group) is 1. The predicted molar refractivity (Wildman–Crippen MR) is 86.2 cm³/mol. The van der Waals surface area contributed by atoms with Crippen molar-refractivity contribution in [2.75, 3.05) is 50.1 Å². The lowest BCUT2D eigenvalue weighted by molar-refractivity contribution is 0.311. The first-order chi connectivity index (χ1) is 10.2. The molecule has 0 amide bonds. The molecule has 5 nitrogen and oxygen atoms in total. The van der Waals surface area contributed by atoms with E-state index in [2.05, 4.69) is 38.9 Å². The highest BCUT2D eigenvalue weighted by atomic mass is 15.3. The molecular formula is C16H21N5. The summed E-state index contributed by atoms with van der Waals surface area (Å²) in [5, 5.41) is 0. The van der Waals surface area contributed by atoms with Crippen molar-refractivity contribution in [3.63, 3.8) is 0 Å². The zero-order valence-corrected chi connectivity index (χ0v) is 12.6. The molecule has 5 heteroatoms. The Morgan fingerprint density at radius 2 is 1.71 bits per heavy atom. The van der Waals surface area contributed by atoms with E-state index in [1.807, 2.05) is 37.5 Å². The molecule has 0 spiro atoms. The minimum Gasteiger partial charge on any atom is -0.338 e. The lowest BCUT2D eigenvalue weighted by atomic mass is 10.3. The summed E-state index contributed by atoms with van der Waals surface area (Å²) in [5.74, 6) is 1.74. The molecule has 1 aliphatic heterocycles. The average molecular weight is 283 g/mol. The van der Waals surface area contributed by atoms with Gasteiger partial charge in [0.05, 0.1) is 0 Å². The molecule has 2 heterocycles. The molecule has 1 saturated heterocycles. The third kappa shape index (κ3) is 3.13. The average Bonchev–Trinajstić information content (AvgIpc) is 2.56. The molecule has 0 atom stereocenters. The number of para-hydroxylation sites is 1. The fraction of sp³-hybridized carbons (Fsp3) is 0.375. The van der Waals surface area contributed by atoms with Crippen LogP contribution in [0.25, 0.3) is 0 Å². The van der Waals surface area contributed by atoms with Gasteiger partial charge >= 0.3 is 0 Å². The van der Waals surface area contributed by atoms with Crippen LogP contribution in [-0.4, -0.2) is 55.1 Å². The van der Waals surface area contributed by atoms with E-state index in [1.165, 1.54) is 0 Å². The smallest absolute Gasteiger partial charge is 0.227 e. The standard InChI is InChI=1S/C16H21N5/c1-19-10-12-21(13-11-19)16-17-9-8-15(18-16)20(2)14-6-4-3-5-7-14/h3-9H,10-13H2,1-2H3.